The maximum Gasteiger partial charge on any atom is 0.214 e. The minimum Gasteiger partial charge on any atom is -0.409 e. The molecule has 0 spiro atoms. The molecular formula is C11H25N3O4S. The van der Waals surface area contributed by atoms with E-state index in [1.54, 1.807) is 0 Å². The smallest absolute Gasteiger partial charge is 0.214 e. The molecule has 0 unspecified atom stereocenters. The zero-order chi connectivity index (χ0) is 14.9. The largest absolute Gasteiger partial charge is 0.409 e. The summed E-state index contributed by atoms with van der Waals surface area (Å²) in [6.07, 6.45) is 0.670. The number of sulfonamides is 1. The second kappa shape index (κ2) is 9.11. The number of nitrogens with two attached hydrogens (primary N) is 1. The predicted octanol–water partition coefficient (Wildman–Crippen LogP) is 0.447. The van der Waals surface area contributed by atoms with Crippen LogP contribution in [0, 0.1) is 5.92 Å². The van der Waals surface area contributed by atoms with Gasteiger partial charge in [0.25, 0.3) is 0 Å². The summed E-state index contributed by atoms with van der Waals surface area (Å²) in [6.45, 7) is 4.95. The number of methoxy groups -OCH3 is 1. The van der Waals surface area contributed by atoms with Crippen molar-refractivity contribution in [2.24, 2.45) is 16.8 Å². The summed E-state index contributed by atoms with van der Waals surface area (Å²) in [6, 6.07) is 0. The van der Waals surface area contributed by atoms with Crippen LogP contribution in [0.3, 0.4) is 0 Å². The Bertz CT molecular complexity index is 368. The van der Waals surface area contributed by atoms with Gasteiger partial charge in [0.1, 0.15) is 5.84 Å². The minimum atomic E-state index is -3.33. The molecule has 8 heteroatoms. The average molecular weight is 295 g/mol. The van der Waals surface area contributed by atoms with E-state index in [9.17, 15) is 8.42 Å². The third-order valence-corrected chi connectivity index (χ3v) is 4.38. The quantitative estimate of drug-likeness (QED) is 0.200. The Morgan fingerprint density at radius 2 is 2.11 bits per heavy atom. The van der Waals surface area contributed by atoms with Gasteiger partial charge in [-0.3, -0.25) is 0 Å². The van der Waals surface area contributed by atoms with E-state index in [2.05, 4.69) is 5.16 Å². The normalized spacial score (nSPS) is 13.4. The monoisotopic (exact) mass is 295 g/mol. The van der Waals surface area contributed by atoms with E-state index in [0.717, 1.165) is 0 Å². The number of ether oxygens (including phenoxy) is 1. The molecule has 0 saturated carbocycles. The van der Waals surface area contributed by atoms with Crippen LogP contribution in [-0.2, 0) is 14.8 Å². The summed E-state index contributed by atoms with van der Waals surface area (Å²) < 4.78 is 30.6. The molecule has 0 fully saturated rings. The van der Waals surface area contributed by atoms with E-state index in [-0.39, 0.29) is 30.5 Å². The van der Waals surface area contributed by atoms with Crippen molar-refractivity contribution >= 4 is 15.9 Å². The van der Waals surface area contributed by atoms with Gasteiger partial charge in [0, 0.05) is 33.2 Å². The molecule has 0 bridgehead atoms. The highest BCUT2D eigenvalue weighted by molar-refractivity contribution is 7.89. The second-order valence-corrected chi connectivity index (χ2v) is 6.84. The summed E-state index contributed by atoms with van der Waals surface area (Å²) in [4.78, 5) is 0. The molecule has 0 amide bonds. The Morgan fingerprint density at radius 1 is 1.47 bits per heavy atom. The minimum absolute atomic E-state index is 0.0286. The molecule has 0 rings (SSSR count). The summed E-state index contributed by atoms with van der Waals surface area (Å²) >= 11 is 0. The molecule has 0 aliphatic rings. The molecule has 0 saturated heterocycles. The molecule has 3 N–H and O–H groups in total. The number of hydrogen-bond donors (Lipinski definition) is 2. The Kier molecular flexibility index (Phi) is 8.70. The number of hydrogen-bond acceptors (Lipinski definition) is 5. The Labute approximate surface area is 115 Å². The van der Waals surface area contributed by atoms with Crippen LogP contribution in [0.1, 0.15) is 26.7 Å². The fourth-order valence-electron chi connectivity index (χ4n) is 1.56. The maximum absolute atomic E-state index is 12.2. The highest BCUT2D eigenvalue weighted by Crippen LogP contribution is 2.09. The topological polar surface area (TPSA) is 105 Å². The van der Waals surface area contributed by atoms with Crippen LogP contribution in [0.5, 0.6) is 0 Å². The standard InChI is InChI=1S/C11H25N3O4S/c1-10(2)9-14(6-5-11(12)13-15)19(16,17)8-4-7-18-3/h10,15H,4-9H2,1-3H3,(H2,12,13). The summed E-state index contributed by atoms with van der Waals surface area (Å²) in [5.74, 6) is 0.286. The van der Waals surface area contributed by atoms with Gasteiger partial charge >= 0.3 is 0 Å². The lowest BCUT2D eigenvalue weighted by atomic mass is 10.2. The number of nitrogens with zero attached hydrogens (tertiary/aromatic N) is 2. The van der Waals surface area contributed by atoms with Gasteiger partial charge in [0.2, 0.25) is 10.0 Å². The van der Waals surface area contributed by atoms with E-state index in [4.69, 9.17) is 15.7 Å². The summed E-state index contributed by atoms with van der Waals surface area (Å²) in [7, 11) is -1.79. The molecule has 0 aromatic carbocycles. The van der Waals surface area contributed by atoms with Gasteiger partial charge in [-0.2, -0.15) is 0 Å². The number of amidine groups is 1. The van der Waals surface area contributed by atoms with E-state index < -0.39 is 10.0 Å². The van der Waals surface area contributed by atoms with Gasteiger partial charge in [-0.25, -0.2) is 12.7 Å². The van der Waals surface area contributed by atoms with Crippen molar-refractivity contribution in [3.63, 3.8) is 0 Å². The lowest BCUT2D eigenvalue weighted by Crippen LogP contribution is -2.38. The fourth-order valence-corrected chi connectivity index (χ4v) is 3.19. The first kappa shape index (κ1) is 18.1. The zero-order valence-electron chi connectivity index (χ0n) is 11.9. The third-order valence-electron chi connectivity index (χ3n) is 2.46. The van der Waals surface area contributed by atoms with Gasteiger partial charge < -0.3 is 15.7 Å². The van der Waals surface area contributed by atoms with Gasteiger partial charge in [-0.15, -0.1) is 0 Å². The molecule has 7 nitrogen and oxygen atoms in total. The molecule has 0 radical (unpaired) electrons. The average Bonchev–Trinajstić information content (AvgIpc) is 2.33. The molecule has 0 heterocycles. The van der Waals surface area contributed by atoms with Crippen molar-refractivity contribution in [2.75, 3.05) is 32.6 Å². The van der Waals surface area contributed by atoms with Crippen LogP contribution in [-0.4, -0.2) is 56.3 Å². The second-order valence-electron chi connectivity index (χ2n) is 4.76. The summed E-state index contributed by atoms with van der Waals surface area (Å²) in [5.41, 5.74) is 5.38. The first-order valence-corrected chi connectivity index (χ1v) is 7.87. The number of oxime groups is 1. The zero-order valence-corrected chi connectivity index (χ0v) is 12.7. The van der Waals surface area contributed by atoms with Crippen LogP contribution < -0.4 is 5.73 Å². The van der Waals surface area contributed by atoms with Crippen LogP contribution in [0.2, 0.25) is 0 Å². The Balaban J connectivity index is 4.62. The third kappa shape index (κ3) is 8.02. The molecule has 114 valence electrons. The lowest BCUT2D eigenvalue weighted by Gasteiger charge is -2.23. The Morgan fingerprint density at radius 3 is 2.58 bits per heavy atom. The molecule has 0 aliphatic heterocycles. The highest BCUT2D eigenvalue weighted by Gasteiger charge is 2.22. The molecule has 0 aromatic rings. The van der Waals surface area contributed by atoms with Gasteiger partial charge in [0.05, 0.1) is 5.75 Å². The van der Waals surface area contributed by atoms with E-state index in [1.165, 1.54) is 11.4 Å². The van der Waals surface area contributed by atoms with Crippen molar-refractivity contribution in [3.8, 4) is 0 Å². The predicted molar refractivity (Wildman–Crippen MR) is 74.7 cm³/mol. The van der Waals surface area contributed by atoms with E-state index >= 15 is 0 Å². The SMILES string of the molecule is COCCCS(=O)(=O)N(CCC(N)=NO)CC(C)C. The van der Waals surface area contributed by atoms with E-state index in [1.807, 2.05) is 13.8 Å². The number of rotatable bonds is 10. The fraction of sp³-hybridized carbons (Fsp3) is 0.909. The molecule has 19 heavy (non-hydrogen) atoms. The Hall–Kier alpha value is -0.860. The first-order chi connectivity index (χ1) is 8.83. The van der Waals surface area contributed by atoms with Crippen LogP contribution in [0.4, 0.5) is 0 Å². The summed E-state index contributed by atoms with van der Waals surface area (Å²) in [5, 5.41) is 11.3. The maximum atomic E-state index is 12.2. The molecule has 0 aliphatic carbocycles. The molecule has 0 aromatic heterocycles. The van der Waals surface area contributed by atoms with Gasteiger partial charge in [0.15, 0.2) is 0 Å². The van der Waals surface area contributed by atoms with Crippen molar-refractivity contribution in [2.45, 2.75) is 26.7 Å². The van der Waals surface area contributed by atoms with Crippen molar-refractivity contribution in [1.29, 1.82) is 0 Å². The van der Waals surface area contributed by atoms with Crippen molar-refractivity contribution < 1.29 is 18.4 Å². The van der Waals surface area contributed by atoms with Crippen LogP contribution >= 0.6 is 0 Å². The van der Waals surface area contributed by atoms with Gasteiger partial charge in [-0.1, -0.05) is 19.0 Å². The van der Waals surface area contributed by atoms with Gasteiger partial charge in [-0.05, 0) is 12.3 Å². The van der Waals surface area contributed by atoms with Crippen molar-refractivity contribution in [3.05, 3.63) is 0 Å². The van der Waals surface area contributed by atoms with Crippen LogP contribution in [0.15, 0.2) is 5.16 Å². The van der Waals surface area contributed by atoms with E-state index in [0.29, 0.717) is 19.6 Å². The van der Waals surface area contributed by atoms with Crippen LogP contribution in [0.25, 0.3) is 0 Å². The van der Waals surface area contributed by atoms with Crippen molar-refractivity contribution in [1.82, 2.24) is 4.31 Å². The first-order valence-electron chi connectivity index (χ1n) is 6.26. The molecular weight excluding hydrogens is 270 g/mol. The lowest BCUT2D eigenvalue weighted by molar-refractivity contribution is 0.199. The molecule has 0 atom stereocenters. The highest BCUT2D eigenvalue weighted by atomic mass is 32.2.